The van der Waals surface area contributed by atoms with Crippen molar-refractivity contribution in [1.82, 2.24) is 0 Å². The summed E-state index contributed by atoms with van der Waals surface area (Å²) in [4.78, 5) is 34.7. The van der Waals surface area contributed by atoms with Gasteiger partial charge in [0.15, 0.2) is 0 Å². The maximum Gasteiger partial charge on any atom is 0.343 e. The Morgan fingerprint density at radius 2 is 1.75 bits per heavy atom. The lowest BCUT2D eigenvalue weighted by molar-refractivity contribution is -0.384. The van der Waals surface area contributed by atoms with E-state index in [0.29, 0.717) is 16.9 Å². The summed E-state index contributed by atoms with van der Waals surface area (Å²) in [5, 5.41) is 22.5. The average molecular weight is 448 g/mol. The molecule has 0 fully saturated rings. The van der Waals surface area contributed by atoms with Crippen LogP contribution in [0.4, 0.5) is 11.4 Å². The molecule has 0 saturated heterocycles. The minimum absolute atomic E-state index is 0.0329. The summed E-state index contributed by atoms with van der Waals surface area (Å²) in [6.07, 6.45) is 1.34. The number of benzene rings is 3. The second-order valence-electron chi connectivity index (χ2n) is 6.37. The first kappa shape index (κ1) is 22.2. The van der Waals surface area contributed by atoms with Gasteiger partial charge in [0, 0.05) is 12.1 Å². The fourth-order valence-electron chi connectivity index (χ4n) is 2.60. The van der Waals surface area contributed by atoms with Crippen molar-refractivity contribution in [3.63, 3.8) is 0 Å². The Labute approximate surface area is 187 Å². The van der Waals surface area contributed by atoms with Gasteiger partial charge >= 0.3 is 5.97 Å². The summed E-state index contributed by atoms with van der Waals surface area (Å²) in [6, 6.07) is 20.1. The van der Waals surface area contributed by atoms with Crippen LogP contribution in [0.2, 0.25) is 5.02 Å². The molecule has 0 spiro atoms. The second kappa shape index (κ2) is 10.0. The monoisotopic (exact) mass is 447 g/mol. The van der Waals surface area contributed by atoms with Gasteiger partial charge in [-0.05, 0) is 42.0 Å². The third-order valence-corrected chi connectivity index (χ3v) is 4.50. The van der Waals surface area contributed by atoms with Crippen molar-refractivity contribution in [2.24, 2.45) is 0 Å². The fourth-order valence-corrected chi connectivity index (χ4v) is 2.82. The number of nitro benzene ring substituents is 1. The number of amides is 1. The van der Waals surface area contributed by atoms with Crippen LogP contribution in [0.25, 0.3) is 6.08 Å². The highest BCUT2D eigenvalue weighted by Crippen LogP contribution is 2.27. The minimum atomic E-state index is -0.733. The largest absolute Gasteiger partial charge is 0.423 e. The third kappa shape index (κ3) is 5.56. The van der Waals surface area contributed by atoms with Crippen LogP contribution in [-0.4, -0.2) is 16.8 Å². The molecule has 1 N–H and O–H groups in total. The molecule has 0 heterocycles. The second-order valence-corrected chi connectivity index (χ2v) is 6.78. The molecule has 0 radical (unpaired) electrons. The van der Waals surface area contributed by atoms with Crippen LogP contribution in [0.1, 0.15) is 15.9 Å². The van der Waals surface area contributed by atoms with Gasteiger partial charge in [-0.3, -0.25) is 14.9 Å². The highest BCUT2D eigenvalue weighted by molar-refractivity contribution is 6.34. The van der Waals surface area contributed by atoms with Crippen LogP contribution in [0.3, 0.4) is 0 Å². The number of hydrogen-bond donors (Lipinski definition) is 1. The zero-order chi connectivity index (χ0) is 23.1. The summed E-state index contributed by atoms with van der Waals surface area (Å²) in [7, 11) is 0. The Balaban J connectivity index is 1.70. The lowest BCUT2D eigenvalue weighted by Gasteiger charge is -2.07. The standard InChI is InChI=1S/C23H14ClN3O5/c24-20-13-18(27(30)31)8-11-21(20)26-22(28)17(14-25)12-15-6-9-19(10-7-15)32-23(29)16-4-2-1-3-5-16/h1-13H,(H,26,28). The molecule has 0 aliphatic carbocycles. The summed E-state index contributed by atoms with van der Waals surface area (Å²) in [5.74, 6) is -0.939. The zero-order valence-electron chi connectivity index (χ0n) is 16.3. The number of nitrogens with zero attached hydrogens (tertiary/aromatic N) is 2. The van der Waals surface area contributed by atoms with Crippen molar-refractivity contribution >= 4 is 40.9 Å². The van der Waals surface area contributed by atoms with Crippen molar-refractivity contribution in [2.45, 2.75) is 0 Å². The Hall–Kier alpha value is -4.48. The van der Waals surface area contributed by atoms with E-state index in [2.05, 4.69) is 5.32 Å². The molecule has 0 aliphatic heterocycles. The molecule has 0 aromatic heterocycles. The molecule has 0 unspecified atom stereocenters. The minimum Gasteiger partial charge on any atom is -0.423 e. The average Bonchev–Trinajstić information content (AvgIpc) is 2.80. The highest BCUT2D eigenvalue weighted by Gasteiger charge is 2.14. The Morgan fingerprint density at radius 1 is 1.06 bits per heavy atom. The first-order chi connectivity index (χ1) is 15.4. The molecule has 0 saturated carbocycles. The van der Waals surface area contributed by atoms with E-state index in [1.165, 1.54) is 30.3 Å². The normalized spacial score (nSPS) is 10.7. The lowest BCUT2D eigenvalue weighted by Crippen LogP contribution is -2.13. The summed E-state index contributed by atoms with van der Waals surface area (Å²) in [6.45, 7) is 0. The topological polar surface area (TPSA) is 122 Å². The van der Waals surface area contributed by atoms with Crippen molar-refractivity contribution in [3.05, 3.63) is 105 Å². The first-order valence-corrected chi connectivity index (χ1v) is 9.49. The third-order valence-electron chi connectivity index (χ3n) is 4.19. The van der Waals surface area contributed by atoms with Crippen molar-refractivity contribution in [1.29, 1.82) is 5.26 Å². The van der Waals surface area contributed by atoms with Crippen LogP contribution in [-0.2, 0) is 4.79 Å². The predicted molar refractivity (Wildman–Crippen MR) is 118 cm³/mol. The molecular formula is C23H14ClN3O5. The molecule has 158 valence electrons. The molecule has 8 nitrogen and oxygen atoms in total. The lowest BCUT2D eigenvalue weighted by atomic mass is 10.1. The molecule has 1 amide bonds. The van der Waals surface area contributed by atoms with Gasteiger partial charge in [-0.2, -0.15) is 5.26 Å². The number of carbonyl (C=O) groups is 2. The summed E-state index contributed by atoms with van der Waals surface area (Å²) >= 11 is 5.97. The number of nitro groups is 1. The van der Waals surface area contributed by atoms with Crippen LogP contribution in [0.5, 0.6) is 5.75 Å². The number of esters is 1. The summed E-state index contributed by atoms with van der Waals surface area (Å²) < 4.78 is 5.29. The van der Waals surface area contributed by atoms with E-state index in [4.69, 9.17) is 16.3 Å². The maximum atomic E-state index is 12.4. The van der Waals surface area contributed by atoms with Gasteiger partial charge in [0.2, 0.25) is 0 Å². The molecule has 32 heavy (non-hydrogen) atoms. The molecule has 3 aromatic carbocycles. The van der Waals surface area contributed by atoms with Crippen molar-refractivity contribution in [3.8, 4) is 11.8 Å². The van der Waals surface area contributed by atoms with E-state index in [-0.39, 0.29) is 22.0 Å². The van der Waals surface area contributed by atoms with Gasteiger partial charge in [-0.15, -0.1) is 0 Å². The van der Waals surface area contributed by atoms with Crippen LogP contribution >= 0.6 is 11.6 Å². The van der Waals surface area contributed by atoms with E-state index in [9.17, 15) is 25.0 Å². The number of non-ortho nitro benzene ring substituents is 1. The highest BCUT2D eigenvalue weighted by atomic mass is 35.5. The summed E-state index contributed by atoms with van der Waals surface area (Å²) in [5.41, 5.74) is 0.618. The smallest absolute Gasteiger partial charge is 0.343 e. The molecule has 0 aliphatic rings. The number of halogens is 1. The van der Waals surface area contributed by atoms with E-state index in [0.717, 1.165) is 6.07 Å². The van der Waals surface area contributed by atoms with Crippen LogP contribution in [0.15, 0.2) is 78.4 Å². The number of anilines is 1. The Kier molecular flexibility index (Phi) is 6.95. The number of nitrogens with one attached hydrogen (secondary N) is 1. The van der Waals surface area contributed by atoms with Gasteiger partial charge in [-0.25, -0.2) is 4.79 Å². The number of ether oxygens (including phenoxy) is 1. The number of rotatable bonds is 6. The number of nitriles is 1. The van der Waals surface area contributed by atoms with Crippen LogP contribution in [0, 0.1) is 21.4 Å². The van der Waals surface area contributed by atoms with Crippen molar-refractivity contribution < 1.29 is 19.2 Å². The molecule has 0 atom stereocenters. The molecule has 3 rings (SSSR count). The van der Waals surface area contributed by atoms with Gasteiger partial charge in [-0.1, -0.05) is 41.9 Å². The Morgan fingerprint density at radius 3 is 2.34 bits per heavy atom. The van der Waals surface area contributed by atoms with Gasteiger partial charge in [0.1, 0.15) is 17.4 Å². The molecular weight excluding hydrogens is 434 g/mol. The van der Waals surface area contributed by atoms with E-state index in [1.54, 1.807) is 48.5 Å². The van der Waals surface area contributed by atoms with E-state index in [1.807, 2.05) is 0 Å². The molecule has 3 aromatic rings. The van der Waals surface area contributed by atoms with Gasteiger partial charge < -0.3 is 10.1 Å². The predicted octanol–water partition coefficient (Wildman–Crippen LogP) is 5.01. The SMILES string of the molecule is N#CC(=Cc1ccc(OC(=O)c2ccccc2)cc1)C(=O)Nc1ccc([N+](=O)[O-])cc1Cl. The quantitative estimate of drug-likeness (QED) is 0.141. The number of carbonyl (C=O) groups excluding carboxylic acids is 2. The first-order valence-electron chi connectivity index (χ1n) is 9.12. The molecule has 0 bridgehead atoms. The van der Waals surface area contributed by atoms with Gasteiger partial charge in [0.25, 0.3) is 11.6 Å². The van der Waals surface area contributed by atoms with E-state index < -0.39 is 16.8 Å². The Bertz CT molecular complexity index is 1250. The maximum absolute atomic E-state index is 12.4. The van der Waals surface area contributed by atoms with Crippen molar-refractivity contribution in [2.75, 3.05) is 5.32 Å². The van der Waals surface area contributed by atoms with E-state index >= 15 is 0 Å². The zero-order valence-corrected chi connectivity index (χ0v) is 17.1. The fraction of sp³-hybridized carbons (Fsp3) is 0. The number of hydrogen-bond acceptors (Lipinski definition) is 6. The van der Waals surface area contributed by atoms with Crippen LogP contribution < -0.4 is 10.1 Å². The van der Waals surface area contributed by atoms with Gasteiger partial charge in [0.05, 0.1) is 21.2 Å². The molecule has 9 heteroatoms.